The second-order valence-corrected chi connectivity index (χ2v) is 15.8. The summed E-state index contributed by atoms with van der Waals surface area (Å²) in [5.41, 5.74) is 0. The lowest BCUT2D eigenvalue weighted by Crippen LogP contribution is -2.37. The topological polar surface area (TPSA) is 91.3 Å². The van der Waals surface area contributed by atoms with Crippen molar-refractivity contribution in [2.24, 2.45) is 0 Å². The molecule has 284 valence electrons. The van der Waals surface area contributed by atoms with Crippen molar-refractivity contribution in [3.8, 4) is 0 Å². The number of rotatable bonds is 36. The van der Waals surface area contributed by atoms with Crippen LogP contribution < -0.4 is 0 Å². The largest absolute Gasteiger partial charge is 0.472 e. The first kappa shape index (κ1) is 47.0. The third-order valence-electron chi connectivity index (χ3n) is 8.27. The highest BCUT2D eigenvalue weighted by Gasteiger charge is 2.26. The summed E-state index contributed by atoms with van der Waals surface area (Å²) >= 11 is 0. The number of carbonyl (C=O) groups is 1. The van der Waals surface area contributed by atoms with Crippen molar-refractivity contribution in [3.63, 3.8) is 0 Å². The van der Waals surface area contributed by atoms with Gasteiger partial charge in [-0.3, -0.25) is 13.8 Å². The third-order valence-corrected chi connectivity index (χ3v) is 9.25. The number of ether oxygens (including phenoxy) is 2. The molecule has 0 aromatic heterocycles. The van der Waals surface area contributed by atoms with Crippen molar-refractivity contribution in [3.05, 3.63) is 24.3 Å². The first-order chi connectivity index (χ1) is 23.1. The molecule has 0 aromatic carbocycles. The van der Waals surface area contributed by atoms with E-state index in [1.807, 2.05) is 21.1 Å². The molecule has 0 bridgehead atoms. The summed E-state index contributed by atoms with van der Waals surface area (Å²) in [6.45, 7) is 5.55. The number of likely N-dealkylation sites (N-methyl/N-ethyl adjacent to an activating group) is 1. The van der Waals surface area contributed by atoms with Crippen molar-refractivity contribution in [1.82, 2.24) is 0 Å². The molecule has 0 aliphatic carbocycles. The molecule has 0 saturated heterocycles. The number of hydrogen-bond donors (Lipinski definition) is 1. The summed E-state index contributed by atoms with van der Waals surface area (Å²) in [6.07, 6.45) is 34.8. The predicted molar refractivity (Wildman–Crippen MR) is 201 cm³/mol. The van der Waals surface area contributed by atoms with Crippen LogP contribution in [0.15, 0.2) is 24.3 Å². The van der Waals surface area contributed by atoms with Gasteiger partial charge in [0.2, 0.25) is 0 Å². The molecule has 0 rings (SSSR count). The lowest BCUT2D eigenvalue weighted by atomic mass is 10.1. The number of hydrogen-bond acceptors (Lipinski definition) is 6. The number of nitrogens with zero attached hydrogens (tertiary/aromatic N) is 1. The van der Waals surface area contributed by atoms with Crippen LogP contribution in [0.5, 0.6) is 0 Å². The molecule has 1 N–H and O–H groups in total. The van der Waals surface area contributed by atoms with E-state index in [4.69, 9.17) is 18.5 Å². The van der Waals surface area contributed by atoms with E-state index in [0.717, 1.165) is 44.9 Å². The fourth-order valence-electron chi connectivity index (χ4n) is 5.16. The molecular weight excluding hydrogens is 625 g/mol. The molecule has 0 aliphatic heterocycles. The van der Waals surface area contributed by atoms with Crippen molar-refractivity contribution in [1.29, 1.82) is 0 Å². The van der Waals surface area contributed by atoms with Gasteiger partial charge in [0, 0.05) is 13.0 Å². The Morgan fingerprint density at radius 3 is 1.75 bits per heavy atom. The van der Waals surface area contributed by atoms with Crippen LogP contribution in [-0.2, 0) is 27.9 Å². The number of esters is 1. The van der Waals surface area contributed by atoms with E-state index in [1.165, 1.54) is 96.3 Å². The molecule has 0 fully saturated rings. The highest BCUT2D eigenvalue weighted by atomic mass is 31.2. The van der Waals surface area contributed by atoms with Crippen LogP contribution in [-0.4, -0.2) is 75.6 Å². The molecule has 2 unspecified atom stereocenters. The average molecular weight is 703 g/mol. The summed E-state index contributed by atoms with van der Waals surface area (Å²) in [7, 11) is 1.66. The minimum atomic E-state index is -4.27. The number of phosphoric ester groups is 1. The molecule has 0 heterocycles. The Hall–Kier alpha value is -1.02. The molecule has 0 radical (unpaired) electrons. The lowest BCUT2D eigenvalue weighted by molar-refractivity contribution is -0.870. The van der Waals surface area contributed by atoms with Gasteiger partial charge in [0.1, 0.15) is 19.3 Å². The normalized spacial score (nSPS) is 14.2. The lowest BCUT2D eigenvalue weighted by Gasteiger charge is -2.24. The predicted octanol–water partition coefficient (Wildman–Crippen LogP) is 10.9. The third kappa shape index (κ3) is 36.3. The SMILES string of the molecule is CCCC/C=C\C/C=C\CCCCCCCCOCC(COP(=O)(O)OCC[N+](C)(C)C)OC(=O)CCCCCCCCCCCCC. The molecular formula is C39H77NO7P+. The van der Waals surface area contributed by atoms with Crippen LogP contribution >= 0.6 is 7.82 Å². The zero-order valence-corrected chi connectivity index (χ0v) is 32.9. The summed E-state index contributed by atoms with van der Waals surface area (Å²) < 4.78 is 34.8. The van der Waals surface area contributed by atoms with Crippen LogP contribution in [0, 0.1) is 0 Å². The summed E-state index contributed by atoms with van der Waals surface area (Å²) in [5, 5.41) is 0. The molecule has 0 saturated carbocycles. The Bertz CT molecular complexity index is 828. The van der Waals surface area contributed by atoms with Crippen molar-refractivity contribution in [2.45, 2.75) is 168 Å². The zero-order valence-electron chi connectivity index (χ0n) is 32.0. The van der Waals surface area contributed by atoms with Gasteiger partial charge in [-0.15, -0.1) is 0 Å². The second kappa shape index (κ2) is 33.1. The van der Waals surface area contributed by atoms with Gasteiger partial charge in [-0.1, -0.05) is 141 Å². The quantitative estimate of drug-likeness (QED) is 0.0228. The van der Waals surface area contributed by atoms with E-state index in [2.05, 4.69) is 38.2 Å². The minimum Gasteiger partial charge on any atom is -0.457 e. The fourth-order valence-corrected chi connectivity index (χ4v) is 5.90. The van der Waals surface area contributed by atoms with Gasteiger partial charge in [0.15, 0.2) is 0 Å². The van der Waals surface area contributed by atoms with Gasteiger partial charge in [-0.25, -0.2) is 4.57 Å². The van der Waals surface area contributed by atoms with E-state index in [1.54, 1.807) is 0 Å². The molecule has 0 aromatic rings. The van der Waals surface area contributed by atoms with Crippen molar-refractivity contribution in [2.75, 3.05) is 54.1 Å². The molecule has 0 aliphatic rings. The molecule has 8 nitrogen and oxygen atoms in total. The number of phosphoric acid groups is 1. The Labute approximate surface area is 296 Å². The fraction of sp³-hybridized carbons (Fsp3) is 0.872. The zero-order chi connectivity index (χ0) is 35.6. The van der Waals surface area contributed by atoms with E-state index >= 15 is 0 Å². The first-order valence-corrected chi connectivity index (χ1v) is 21.1. The highest BCUT2D eigenvalue weighted by Crippen LogP contribution is 2.43. The molecule has 9 heteroatoms. The van der Waals surface area contributed by atoms with E-state index in [-0.39, 0.29) is 25.8 Å². The Morgan fingerprint density at radius 1 is 0.646 bits per heavy atom. The Balaban J connectivity index is 4.29. The molecule has 48 heavy (non-hydrogen) atoms. The van der Waals surface area contributed by atoms with Gasteiger partial charge in [0.25, 0.3) is 0 Å². The number of allylic oxidation sites excluding steroid dienone is 4. The monoisotopic (exact) mass is 703 g/mol. The summed E-state index contributed by atoms with van der Waals surface area (Å²) in [6, 6.07) is 0. The van der Waals surface area contributed by atoms with E-state index < -0.39 is 13.9 Å². The maximum atomic E-state index is 12.6. The van der Waals surface area contributed by atoms with Crippen LogP contribution in [0.3, 0.4) is 0 Å². The van der Waals surface area contributed by atoms with Crippen LogP contribution in [0.1, 0.15) is 162 Å². The average Bonchev–Trinajstić information content (AvgIpc) is 3.03. The second-order valence-electron chi connectivity index (χ2n) is 14.3. The Kier molecular flexibility index (Phi) is 32.4. The molecule has 0 amide bonds. The highest BCUT2D eigenvalue weighted by molar-refractivity contribution is 7.47. The van der Waals surface area contributed by atoms with Crippen molar-refractivity contribution >= 4 is 13.8 Å². The minimum absolute atomic E-state index is 0.0879. The Morgan fingerprint density at radius 2 is 1.17 bits per heavy atom. The number of carbonyl (C=O) groups excluding carboxylic acids is 1. The van der Waals surface area contributed by atoms with E-state index in [9.17, 15) is 14.3 Å². The van der Waals surface area contributed by atoms with Gasteiger partial charge in [-0.05, 0) is 38.5 Å². The molecule has 0 spiro atoms. The summed E-state index contributed by atoms with van der Waals surface area (Å²) in [4.78, 5) is 22.7. The van der Waals surface area contributed by atoms with Gasteiger partial charge in [-0.2, -0.15) is 0 Å². The maximum Gasteiger partial charge on any atom is 0.472 e. The molecule has 2 atom stereocenters. The van der Waals surface area contributed by atoms with Gasteiger partial charge >= 0.3 is 13.8 Å². The smallest absolute Gasteiger partial charge is 0.457 e. The maximum absolute atomic E-state index is 12.6. The van der Waals surface area contributed by atoms with Crippen LogP contribution in [0.25, 0.3) is 0 Å². The van der Waals surface area contributed by atoms with E-state index in [0.29, 0.717) is 24.1 Å². The van der Waals surface area contributed by atoms with Crippen LogP contribution in [0.2, 0.25) is 0 Å². The summed E-state index contributed by atoms with van der Waals surface area (Å²) in [5.74, 6) is -0.319. The number of quaternary nitrogens is 1. The number of unbranched alkanes of at least 4 members (excludes halogenated alkanes) is 18. The first-order valence-electron chi connectivity index (χ1n) is 19.6. The van der Waals surface area contributed by atoms with Gasteiger partial charge in [0.05, 0.1) is 34.4 Å². The standard InChI is InChI=1S/C39H76NO7P/c1-6-8-10-12-14-16-18-19-20-21-23-25-27-29-31-34-44-36-38(37-46-48(42,43)45-35-33-40(3,4)5)47-39(41)32-30-28-26-24-22-17-15-13-11-9-7-2/h12,14,18-19,38H,6-11,13,15-17,20-37H2,1-5H3/p+1/b14-12-,19-18-. The van der Waals surface area contributed by atoms with Crippen LogP contribution in [0.4, 0.5) is 0 Å². The van der Waals surface area contributed by atoms with Crippen molar-refractivity contribution < 1.29 is 37.3 Å². The van der Waals surface area contributed by atoms with Gasteiger partial charge < -0.3 is 18.9 Å².